The number of imidazole rings is 1. The summed E-state index contributed by atoms with van der Waals surface area (Å²) in [4.78, 5) is 12.5. The van der Waals surface area contributed by atoms with Crippen LogP contribution in [0.5, 0.6) is 0 Å². The van der Waals surface area contributed by atoms with Gasteiger partial charge in [0.25, 0.3) is 0 Å². The predicted molar refractivity (Wildman–Crippen MR) is 70.8 cm³/mol. The molecule has 0 aliphatic rings. The van der Waals surface area contributed by atoms with E-state index in [9.17, 15) is 0 Å². The molecule has 0 unspecified atom stereocenters. The van der Waals surface area contributed by atoms with E-state index in [4.69, 9.17) is 17.3 Å². The zero-order valence-corrected chi connectivity index (χ0v) is 10.4. The topological polar surface area (TPSA) is 69.6 Å². The molecule has 2 aromatic heterocycles. The Morgan fingerprint density at radius 2 is 2.00 bits per heavy atom. The Balaban J connectivity index is 2.33. The largest absolute Gasteiger partial charge is 0.394 e. The molecule has 5 nitrogen and oxygen atoms in total. The zero-order chi connectivity index (χ0) is 12.7. The molecule has 0 aliphatic carbocycles. The number of halogens is 1. The van der Waals surface area contributed by atoms with Gasteiger partial charge in [0.1, 0.15) is 6.33 Å². The molecule has 90 valence electrons. The Hall–Kier alpha value is -2.14. The van der Waals surface area contributed by atoms with Crippen molar-refractivity contribution in [3.8, 4) is 5.82 Å². The Labute approximate surface area is 108 Å². The number of aromatic nitrogens is 4. The maximum Gasteiger partial charge on any atom is 0.224 e. The van der Waals surface area contributed by atoms with Gasteiger partial charge in [-0.3, -0.25) is 4.57 Å². The Bertz CT molecular complexity index is 734. The maximum absolute atomic E-state index is 6.00. The van der Waals surface area contributed by atoms with E-state index < -0.39 is 0 Å². The second-order valence-electron chi connectivity index (χ2n) is 3.92. The molecule has 1 aromatic carbocycles. The molecule has 0 spiro atoms. The highest BCUT2D eigenvalue weighted by molar-refractivity contribution is 6.28. The second kappa shape index (κ2) is 3.96. The number of nitrogen functional groups attached to an aromatic ring is 1. The summed E-state index contributed by atoms with van der Waals surface area (Å²) < 4.78 is 1.81. The molecule has 0 atom stereocenters. The SMILES string of the molecule is Cc1nc(Cl)nc(-n2cnc3ccccc32)c1N. The van der Waals surface area contributed by atoms with E-state index in [1.165, 1.54) is 0 Å². The summed E-state index contributed by atoms with van der Waals surface area (Å²) >= 11 is 5.88. The van der Waals surface area contributed by atoms with E-state index >= 15 is 0 Å². The van der Waals surface area contributed by atoms with Crippen LogP contribution >= 0.6 is 11.6 Å². The van der Waals surface area contributed by atoms with Crippen molar-refractivity contribution in [2.45, 2.75) is 6.92 Å². The van der Waals surface area contributed by atoms with Crippen LogP contribution in [0.4, 0.5) is 5.69 Å². The van der Waals surface area contributed by atoms with E-state index in [0.717, 1.165) is 11.0 Å². The minimum absolute atomic E-state index is 0.175. The van der Waals surface area contributed by atoms with Crippen LogP contribution in [0.3, 0.4) is 0 Å². The highest BCUT2D eigenvalue weighted by atomic mass is 35.5. The van der Waals surface area contributed by atoms with Crippen molar-refractivity contribution in [1.82, 2.24) is 19.5 Å². The molecule has 0 amide bonds. The summed E-state index contributed by atoms with van der Waals surface area (Å²) in [6.07, 6.45) is 1.68. The first kappa shape index (κ1) is 11.0. The van der Waals surface area contributed by atoms with Gasteiger partial charge in [-0.05, 0) is 30.7 Å². The number of anilines is 1. The van der Waals surface area contributed by atoms with Gasteiger partial charge in [-0.15, -0.1) is 0 Å². The lowest BCUT2D eigenvalue weighted by Crippen LogP contribution is -2.06. The fourth-order valence-electron chi connectivity index (χ4n) is 1.84. The molecule has 18 heavy (non-hydrogen) atoms. The molecular weight excluding hydrogens is 250 g/mol. The molecule has 2 heterocycles. The molecule has 0 radical (unpaired) electrons. The Morgan fingerprint density at radius 1 is 1.22 bits per heavy atom. The van der Waals surface area contributed by atoms with Gasteiger partial charge in [0.2, 0.25) is 5.28 Å². The number of nitrogens with two attached hydrogens (primary N) is 1. The number of aryl methyl sites for hydroxylation is 1. The van der Waals surface area contributed by atoms with Crippen LogP contribution in [-0.4, -0.2) is 19.5 Å². The first-order valence-electron chi connectivity index (χ1n) is 5.39. The highest BCUT2D eigenvalue weighted by Crippen LogP contribution is 2.23. The summed E-state index contributed by atoms with van der Waals surface area (Å²) in [5.74, 6) is 0.557. The van der Waals surface area contributed by atoms with Crippen molar-refractivity contribution in [2.24, 2.45) is 0 Å². The van der Waals surface area contributed by atoms with Crippen molar-refractivity contribution in [3.63, 3.8) is 0 Å². The second-order valence-corrected chi connectivity index (χ2v) is 4.26. The van der Waals surface area contributed by atoms with Crippen molar-refractivity contribution < 1.29 is 0 Å². The normalized spacial score (nSPS) is 11.0. The third-order valence-corrected chi connectivity index (χ3v) is 2.94. The first-order chi connectivity index (χ1) is 8.66. The number of fused-ring (bicyclic) bond motifs is 1. The lowest BCUT2D eigenvalue weighted by molar-refractivity contribution is 0.984. The molecule has 0 saturated carbocycles. The Kier molecular flexibility index (Phi) is 2.41. The lowest BCUT2D eigenvalue weighted by atomic mass is 10.3. The molecule has 3 aromatic rings. The lowest BCUT2D eigenvalue weighted by Gasteiger charge is -2.08. The van der Waals surface area contributed by atoms with Crippen LogP contribution in [0.2, 0.25) is 5.28 Å². The van der Waals surface area contributed by atoms with Gasteiger partial charge in [0.05, 0.1) is 22.4 Å². The zero-order valence-electron chi connectivity index (χ0n) is 9.63. The summed E-state index contributed by atoms with van der Waals surface area (Å²) in [5.41, 5.74) is 8.97. The first-order valence-corrected chi connectivity index (χ1v) is 5.76. The molecule has 0 bridgehead atoms. The van der Waals surface area contributed by atoms with Gasteiger partial charge in [0.15, 0.2) is 5.82 Å². The minimum atomic E-state index is 0.175. The predicted octanol–water partition coefficient (Wildman–Crippen LogP) is 2.36. The number of benzene rings is 1. The van der Waals surface area contributed by atoms with Gasteiger partial charge in [-0.2, -0.15) is 4.98 Å². The van der Waals surface area contributed by atoms with Gasteiger partial charge in [-0.1, -0.05) is 12.1 Å². The fraction of sp³-hybridized carbons (Fsp3) is 0.0833. The van der Waals surface area contributed by atoms with Crippen LogP contribution in [0, 0.1) is 6.92 Å². The van der Waals surface area contributed by atoms with Gasteiger partial charge >= 0.3 is 0 Å². The maximum atomic E-state index is 6.00. The van der Waals surface area contributed by atoms with E-state index in [2.05, 4.69) is 15.0 Å². The van der Waals surface area contributed by atoms with E-state index in [1.54, 1.807) is 13.3 Å². The molecule has 0 aliphatic heterocycles. The summed E-state index contributed by atoms with van der Waals surface area (Å²) in [6.45, 7) is 1.80. The van der Waals surface area contributed by atoms with E-state index in [1.807, 2.05) is 28.8 Å². The molecule has 6 heteroatoms. The Morgan fingerprint density at radius 3 is 2.83 bits per heavy atom. The number of hydrogen-bond donors (Lipinski definition) is 1. The molecule has 2 N–H and O–H groups in total. The molecule has 3 rings (SSSR count). The number of rotatable bonds is 1. The van der Waals surface area contributed by atoms with Crippen LogP contribution in [0.25, 0.3) is 16.9 Å². The third-order valence-electron chi connectivity index (χ3n) is 2.77. The molecule has 0 fully saturated rings. The van der Waals surface area contributed by atoms with E-state index in [0.29, 0.717) is 17.2 Å². The van der Waals surface area contributed by atoms with Crippen LogP contribution in [-0.2, 0) is 0 Å². The third kappa shape index (κ3) is 1.60. The van der Waals surface area contributed by atoms with Crippen molar-refractivity contribution in [3.05, 3.63) is 41.6 Å². The standard InChI is InChI=1S/C12H10ClN5/c1-7-10(14)11(17-12(13)16-7)18-6-15-8-4-2-3-5-9(8)18/h2-6H,14H2,1H3. The molecule has 0 saturated heterocycles. The number of hydrogen-bond acceptors (Lipinski definition) is 4. The van der Waals surface area contributed by atoms with Gasteiger partial charge in [0, 0.05) is 0 Å². The summed E-state index contributed by atoms with van der Waals surface area (Å²) in [6, 6.07) is 7.75. The highest BCUT2D eigenvalue weighted by Gasteiger charge is 2.12. The van der Waals surface area contributed by atoms with Crippen molar-refractivity contribution >= 4 is 28.3 Å². The summed E-state index contributed by atoms with van der Waals surface area (Å²) in [5, 5.41) is 0.175. The monoisotopic (exact) mass is 259 g/mol. The van der Waals surface area contributed by atoms with Crippen LogP contribution in [0.1, 0.15) is 5.69 Å². The van der Waals surface area contributed by atoms with Gasteiger partial charge < -0.3 is 5.73 Å². The summed E-state index contributed by atoms with van der Waals surface area (Å²) in [7, 11) is 0. The average Bonchev–Trinajstić information content (AvgIpc) is 2.77. The quantitative estimate of drug-likeness (QED) is 0.681. The van der Waals surface area contributed by atoms with Crippen LogP contribution in [0.15, 0.2) is 30.6 Å². The average molecular weight is 260 g/mol. The van der Waals surface area contributed by atoms with Crippen LogP contribution < -0.4 is 5.73 Å². The number of nitrogens with zero attached hydrogens (tertiary/aromatic N) is 4. The van der Waals surface area contributed by atoms with E-state index in [-0.39, 0.29) is 5.28 Å². The minimum Gasteiger partial charge on any atom is -0.394 e. The smallest absolute Gasteiger partial charge is 0.224 e. The number of para-hydroxylation sites is 2. The van der Waals surface area contributed by atoms with Crippen molar-refractivity contribution in [2.75, 3.05) is 5.73 Å². The fourth-order valence-corrected chi connectivity index (χ4v) is 2.05. The van der Waals surface area contributed by atoms with Crippen molar-refractivity contribution in [1.29, 1.82) is 0 Å². The molecular formula is C12H10ClN5. The van der Waals surface area contributed by atoms with Gasteiger partial charge in [-0.25, -0.2) is 9.97 Å².